The van der Waals surface area contributed by atoms with Gasteiger partial charge in [-0.05, 0) is 25.7 Å². The summed E-state index contributed by atoms with van der Waals surface area (Å²) in [7, 11) is 1.96. The highest BCUT2D eigenvalue weighted by Crippen LogP contribution is 2.27. The lowest BCUT2D eigenvalue weighted by atomic mass is 9.98. The minimum absolute atomic E-state index is 0.000753. The van der Waals surface area contributed by atoms with E-state index in [0.717, 1.165) is 31.4 Å². The Hall–Kier alpha value is -1.40. The second-order valence-electron chi connectivity index (χ2n) is 6.65. The van der Waals surface area contributed by atoms with Crippen LogP contribution in [0.2, 0.25) is 0 Å². The number of ether oxygens (including phenoxy) is 2. The minimum Gasteiger partial charge on any atom is -0.372 e. The summed E-state index contributed by atoms with van der Waals surface area (Å²) in [4.78, 5) is 16.3. The van der Waals surface area contributed by atoms with Gasteiger partial charge in [-0.15, -0.1) is 0 Å². The van der Waals surface area contributed by atoms with Gasteiger partial charge < -0.3 is 19.4 Å². The zero-order valence-corrected chi connectivity index (χ0v) is 13.9. The molecule has 1 aromatic heterocycles. The van der Waals surface area contributed by atoms with E-state index in [4.69, 9.17) is 9.47 Å². The van der Waals surface area contributed by atoms with Crippen molar-refractivity contribution in [1.82, 2.24) is 14.9 Å². The lowest BCUT2D eigenvalue weighted by Gasteiger charge is -2.30. The molecule has 1 saturated carbocycles. The van der Waals surface area contributed by atoms with E-state index in [0.29, 0.717) is 6.61 Å². The summed E-state index contributed by atoms with van der Waals surface area (Å²) < 4.78 is 13.5. The van der Waals surface area contributed by atoms with Gasteiger partial charge in [0.2, 0.25) is 5.91 Å². The van der Waals surface area contributed by atoms with Crippen LogP contribution >= 0.6 is 0 Å². The van der Waals surface area contributed by atoms with Gasteiger partial charge in [-0.1, -0.05) is 19.3 Å². The molecule has 0 spiro atoms. The molecule has 1 aliphatic carbocycles. The zero-order chi connectivity index (χ0) is 16.1. The van der Waals surface area contributed by atoms with Gasteiger partial charge in [0.1, 0.15) is 12.7 Å². The van der Waals surface area contributed by atoms with Crippen LogP contribution in [0.3, 0.4) is 0 Å². The first-order chi connectivity index (χ1) is 11.2. The van der Waals surface area contributed by atoms with Crippen LogP contribution in [-0.4, -0.2) is 40.8 Å². The van der Waals surface area contributed by atoms with Crippen LogP contribution < -0.4 is 5.32 Å². The summed E-state index contributed by atoms with van der Waals surface area (Å²) in [5, 5.41) is 3.10. The molecule has 2 aliphatic rings. The Morgan fingerprint density at radius 2 is 2.22 bits per heavy atom. The fourth-order valence-electron chi connectivity index (χ4n) is 3.51. The SMILES string of the molecule is Cn1cncc1[C@H]1C[C@@H](NC(=O)COC2CCCCC2)CCO1. The van der Waals surface area contributed by atoms with Crippen molar-refractivity contribution >= 4 is 5.91 Å². The van der Waals surface area contributed by atoms with Gasteiger partial charge in [-0.25, -0.2) is 4.98 Å². The van der Waals surface area contributed by atoms with Crippen molar-refractivity contribution in [2.75, 3.05) is 13.2 Å². The largest absolute Gasteiger partial charge is 0.372 e. The first kappa shape index (κ1) is 16.5. The van der Waals surface area contributed by atoms with Crippen LogP contribution in [0.25, 0.3) is 0 Å². The summed E-state index contributed by atoms with van der Waals surface area (Å²) in [5.74, 6) is -0.00812. The summed E-state index contributed by atoms with van der Waals surface area (Å²) in [6, 6.07) is 0.145. The molecule has 3 rings (SSSR count). The van der Waals surface area contributed by atoms with Crippen molar-refractivity contribution in [3.8, 4) is 0 Å². The predicted molar refractivity (Wildman–Crippen MR) is 85.9 cm³/mol. The van der Waals surface area contributed by atoms with Crippen molar-refractivity contribution < 1.29 is 14.3 Å². The Labute approximate surface area is 137 Å². The molecule has 2 heterocycles. The first-order valence-electron chi connectivity index (χ1n) is 8.71. The monoisotopic (exact) mass is 321 g/mol. The van der Waals surface area contributed by atoms with Gasteiger partial charge in [0.25, 0.3) is 0 Å². The molecule has 1 amide bonds. The van der Waals surface area contributed by atoms with Gasteiger partial charge in [-0.3, -0.25) is 4.79 Å². The van der Waals surface area contributed by atoms with Gasteiger partial charge >= 0.3 is 0 Å². The molecular weight excluding hydrogens is 294 g/mol. The molecule has 23 heavy (non-hydrogen) atoms. The molecule has 0 aromatic carbocycles. The molecule has 0 unspecified atom stereocenters. The highest BCUT2D eigenvalue weighted by molar-refractivity contribution is 5.77. The van der Waals surface area contributed by atoms with Gasteiger partial charge in [-0.2, -0.15) is 0 Å². The van der Waals surface area contributed by atoms with Crippen LogP contribution in [0.5, 0.6) is 0 Å². The summed E-state index contributed by atoms with van der Waals surface area (Å²) in [5.41, 5.74) is 1.06. The number of aromatic nitrogens is 2. The Balaban J connectivity index is 1.43. The normalized spacial score (nSPS) is 26.1. The van der Waals surface area contributed by atoms with Crippen LogP contribution in [0.4, 0.5) is 0 Å². The fourth-order valence-corrected chi connectivity index (χ4v) is 3.51. The van der Waals surface area contributed by atoms with E-state index >= 15 is 0 Å². The Morgan fingerprint density at radius 1 is 1.39 bits per heavy atom. The maximum absolute atomic E-state index is 12.1. The number of rotatable bonds is 5. The molecule has 6 nitrogen and oxygen atoms in total. The first-order valence-corrected chi connectivity index (χ1v) is 8.71. The van der Waals surface area contributed by atoms with Crippen molar-refractivity contribution in [3.05, 3.63) is 18.2 Å². The molecular formula is C17H27N3O3. The molecule has 1 saturated heterocycles. The van der Waals surface area contributed by atoms with Gasteiger partial charge in [0.05, 0.1) is 24.3 Å². The van der Waals surface area contributed by atoms with E-state index < -0.39 is 0 Å². The summed E-state index contributed by atoms with van der Waals surface area (Å²) in [6.45, 7) is 0.836. The number of imidazole rings is 1. The Kier molecular flexibility index (Phi) is 5.67. The zero-order valence-electron chi connectivity index (χ0n) is 13.9. The average molecular weight is 321 g/mol. The smallest absolute Gasteiger partial charge is 0.246 e. The lowest BCUT2D eigenvalue weighted by molar-refractivity contribution is -0.130. The van der Waals surface area contributed by atoms with E-state index in [-0.39, 0.29) is 30.8 Å². The maximum Gasteiger partial charge on any atom is 0.246 e. The Morgan fingerprint density at radius 3 is 2.96 bits per heavy atom. The van der Waals surface area contributed by atoms with E-state index in [1.807, 2.05) is 17.8 Å². The quantitative estimate of drug-likeness (QED) is 0.902. The summed E-state index contributed by atoms with van der Waals surface area (Å²) in [6.07, 6.45) is 11.4. The van der Waals surface area contributed by atoms with Crippen molar-refractivity contribution in [3.63, 3.8) is 0 Å². The van der Waals surface area contributed by atoms with Gasteiger partial charge in [0, 0.05) is 19.7 Å². The number of nitrogens with one attached hydrogen (secondary N) is 1. The third-order valence-corrected chi connectivity index (χ3v) is 4.84. The molecule has 128 valence electrons. The standard InChI is InChI=1S/C17H27N3O3/c1-20-12-18-10-15(20)16-9-13(7-8-22-16)19-17(21)11-23-14-5-3-2-4-6-14/h10,12-14,16H,2-9,11H2,1H3,(H,19,21)/t13-,16+/m0/s1. The third-order valence-electron chi connectivity index (χ3n) is 4.84. The van der Waals surface area contributed by atoms with Crippen LogP contribution in [0.1, 0.15) is 56.7 Å². The number of aryl methyl sites for hydroxylation is 1. The van der Waals surface area contributed by atoms with Crippen molar-refractivity contribution in [1.29, 1.82) is 0 Å². The number of carbonyl (C=O) groups is 1. The summed E-state index contributed by atoms with van der Waals surface area (Å²) >= 11 is 0. The molecule has 1 aromatic rings. The lowest BCUT2D eigenvalue weighted by Crippen LogP contribution is -2.42. The molecule has 6 heteroatoms. The molecule has 1 aliphatic heterocycles. The van der Waals surface area contributed by atoms with Crippen molar-refractivity contribution in [2.45, 2.75) is 63.2 Å². The van der Waals surface area contributed by atoms with Crippen molar-refractivity contribution in [2.24, 2.45) is 7.05 Å². The average Bonchev–Trinajstić information content (AvgIpc) is 3.00. The van der Waals surface area contributed by atoms with Gasteiger partial charge in [0.15, 0.2) is 0 Å². The molecule has 1 N–H and O–H groups in total. The third kappa shape index (κ3) is 4.54. The second-order valence-corrected chi connectivity index (χ2v) is 6.65. The fraction of sp³-hybridized carbons (Fsp3) is 0.765. The predicted octanol–water partition coefficient (Wildman–Crippen LogP) is 2.11. The highest BCUT2D eigenvalue weighted by atomic mass is 16.5. The molecule has 0 radical (unpaired) electrons. The number of hydrogen-bond acceptors (Lipinski definition) is 4. The molecule has 2 fully saturated rings. The van der Waals surface area contributed by atoms with Crippen LogP contribution in [0, 0.1) is 0 Å². The molecule has 0 bridgehead atoms. The maximum atomic E-state index is 12.1. The van der Waals surface area contributed by atoms with Crippen LogP contribution in [-0.2, 0) is 21.3 Å². The highest BCUT2D eigenvalue weighted by Gasteiger charge is 2.27. The van der Waals surface area contributed by atoms with E-state index in [2.05, 4.69) is 10.3 Å². The van der Waals surface area contributed by atoms with E-state index in [9.17, 15) is 4.79 Å². The second kappa shape index (κ2) is 7.93. The number of amides is 1. The number of nitrogens with zero attached hydrogens (tertiary/aromatic N) is 2. The van der Waals surface area contributed by atoms with E-state index in [1.54, 1.807) is 6.33 Å². The van der Waals surface area contributed by atoms with Crippen LogP contribution in [0.15, 0.2) is 12.5 Å². The number of carbonyl (C=O) groups excluding carboxylic acids is 1. The Bertz CT molecular complexity index is 511. The molecule has 2 atom stereocenters. The van der Waals surface area contributed by atoms with E-state index in [1.165, 1.54) is 19.3 Å². The minimum atomic E-state index is -0.00812. The topological polar surface area (TPSA) is 65.4 Å². The number of hydrogen-bond donors (Lipinski definition) is 1.